The van der Waals surface area contributed by atoms with Crippen molar-refractivity contribution in [2.24, 2.45) is 0 Å². The van der Waals surface area contributed by atoms with E-state index < -0.39 is 0 Å². The Labute approximate surface area is 150 Å². The van der Waals surface area contributed by atoms with Crippen molar-refractivity contribution in [2.45, 2.75) is 0 Å². The minimum absolute atomic E-state index is 0.216. The van der Waals surface area contributed by atoms with Gasteiger partial charge in [-0.15, -0.1) is 0 Å². The second-order valence-electron chi connectivity index (χ2n) is 5.53. The molecule has 0 atom stereocenters. The normalized spacial score (nSPS) is 14.0. The van der Waals surface area contributed by atoms with E-state index in [1.54, 1.807) is 41.3 Å². The van der Waals surface area contributed by atoms with Crippen molar-refractivity contribution in [3.8, 4) is 0 Å². The molecule has 0 spiro atoms. The van der Waals surface area contributed by atoms with Crippen LogP contribution in [-0.2, 0) is 0 Å². The highest BCUT2D eigenvalue weighted by Crippen LogP contribution is 2.18. The largest absolute Gasteiger partial charge is 0.322 e. The van der Waals surface area contributed by atoms with Crippen LogP contribution in [0.1, 0.15) is 10.4 Å². The van der Waals surface area contributed by atoms with E-state index in [-0.39, 0.29) is 11.9 Å². The number of para-hydroxylation sites is 1. The zero-order valence-corrected chi connectivity index (χ0v) is 14.2. The van der Waals surface area contributed by atoms with Gasteiger partial charge in [0.25, 0.3) is 5.91 Å². The molecule has 3 N–H and O–H groups in total. The number of benzene rings is 1. The SMILES string of the molecule is O=C(Nc1ccc(Cl)cn1)c1ccccc1NC(=O)N1CCNCC1. The third kappa shape index (κ3) is 4.46. The number of hydrogen-bond donors (Lipinski definition) is 3. The molecule has 3 amide bonds. The van der Waals surface area contributed by atoms with E-state index in [0.717, 1.165) is 13.1 Å². The van der Waals surface area contributed by atoms with Gasteiger partial charge in [-0.2, -0.15) is 0 Å². The van der Waals surface area contributed by atoms with Gasteiger partial charge in [-0.1, -0.05) is 23.7 Å². The van der Waals surface area contributed by atoms with E-state index in [2.05, 4.69) is 20.9 Å². The van der Waals surface area contributed by atoms with Gasteiger partial charge in [-0.05, 0) is 24.3 Å². The highest BCUT2D eigenvalue weighted by molar-refractivity contribution is 6.30. The van der Waals surface area contributed by atoms with Crippen molar-refractivity contribution in [1.82, 2.24) is 15.2 Å². The Morgan fingerprint density at radius 2 is 1.84 bits per heavy atom. The number of carbonyl (C=O) groups is 2. The van der Waals surface area contributed by atoms with Gasteiger partial charge in [0.2, 0.25) is 0 Å². The van der Waals surface area contributed by atoms with Crippen molar-refractivity contribution in [3.05, 3.63) is 53.2 Å². The summed E-state index contributed by atoms with van der Waals surface area (Å²) in [5.41, 5.74) is 0.820. The number of anilines is 2. The summed E-state index contributed by atoms with van der Waals surface area (Å²) in [5, 5.41) is 9.19. The van der Waals surface area contributed by atoms with Gasteiger partial charge in [0.1, 0.15) is 5.82 Å². The zero-order chi connectivity index (χ0) is 17.6. The quantitative estimate of drug-likeness (QED) is 0.785. The first kappa shape index (κ1) is 17.2. The molecule has 3 rings (SSSR count). The Morgan fingerprint density at radius 1 is 1.08 bits per heavy atom. The lowest BCUT2D eigenvalue weighted by molar-refractivity contribution is 0.102. The van der Waals surface area contributed by atoms with Crippen molar-refractivity contribution in [3.63, 3.8) is 0 Å². The van der Waals surface area contributed by atoms with E-state index >= 15 is 0 Å². The maximum atomic E-state index is 12.5. The third-order valence-corrected chi connectivity index (χ3v) is 4.01. The summed E-state index contributed by atoms with van der Waals surface area (Å²) in [7, 11) is 0. The lowest BCUT2D eigenvalue weighted by Crippen LogP contribution is -2.48. The van der Waals surface area contributed by atoms with Crippen molar-refractivity contribution >= 4 is 35.0 Å². The average Bonchev–Trinajstić information content (AvgIpc) is 2.64. The van der Waals surface area contributed by atoms with Gasteiger partial charge in [0.15, 0.2) is 0 Å². The molecule has 1 aromatic carbocycles. The molecule has 1 aliphatic heterocycles. The predicted molar refractivity (Wildman–Crippen MR) is 97.1 cm³/mol. The standard InChI is InChI=1S/C17H18ClN5O2/c18-12-5-6-15(20-11-12)22-16(24)13-3-1-2-4-14(13)21-17(25)23-9-7-19-8-10-23/h1-6,11,19H,7-10H2,(H,21,25)(H,20,22,24). The molecule has 1 aromatic heterocycles. The molecule has 0 saturated carbocycles. The highest BCUT2D eigenvalue weighted by atomic mass is 35.5. The number of piperazine rings is 1. The molecule has 0 unspecified atom stereocenters. The van der Waals surface area contributed by atoms with Crippen LogP contribution in [-0.4, -0.2) is 48.0 Å². The van der Waals surface area contributed by atoms with Crippen molar-refractivity contribution < 1.29 is 9.59 Å². The van der Waals surface area contributed by atoms with Gasteiger partial charge in [0.05, 0.1) is 16.3 Å². The molecule has 2 heterocycles. The number of urea groups is 1. The molecule has 8 heteroatoms. The molecular weight excluding hydrogens is 342 g/mol. The first-order valence-electron chi connectivity index (χ1n) is 7.92. The Hall–Kier alpha value is -2.64. The van der Waals surface area contributed by atoms with Crippen LogP contribution >= 0.6 is 11.6 Å². The lowest BCUT2D eigenvalue weighted by Gasteiger charge is -2.27. The van der Waals surface area contributed by atoms with Crippen molar-refractivity contribution in [1.29, 1.82) is 0 Å². The fourth-order valence-electron chi connectivity index (χ4n) is 2.49. The second-order valence-corrected chi connectivity index (χ2v) is 5.97. The molecule has 2 aromatic rings. The van der Waals surface area contributed by atoms with E-state index in [4.69, 9.17) is 11.6 Å². The molecule has 7 nitrogen and oxygen atoms in total. The summed E-state index contributed by atoms with van der Waals surface area (Å²) in [6.45, 7) is 2.79. The monoisotopic (exact) mass is 359 g/mol. The number of nitrogens with zero attached hydrogens (tertiary/aromatic N) is 2. The summed E-state index contributed by atoms with van der Waals surface area (Å²) < 4.78 is 0. The Morgan fingerprint density at radius 3 is 2.56 bits per heavy atom. The van der Waals surface area contributed by atoms with Gasteiger partial charge in [-0.3, -0.25) is 4.79 Å². The molecule has 0 bridgehead atoms. The number of nitrogens with one attached hydrogen (secondary N) is 3. The third-order valence-electron chi connectivity index (χ3n) is 3.79. The van der Waals surface area contributed by atoms with Crippen LogP contribution in [0.4, 0.5) is 16.3 Å². The number of hydrogen-bond acceptors (Lipinski definition) is 4. The summed E-state index contributed by atoms with van der Waals surface area (Å²) in [5.74, 6) is 0.0312. The maximum absolute atomic E-state index is 12.5. The van der Waals surface area contributed by atoms with Crippen LogP contribution in [0.3, 0.4) is 0 Å². The molecule has 1 aliphatic rings. The smallest absolute Gasteiger partial charge is 0.321 e. The average molecular weight is 360 g/mol. The van der Waals surface area contributed by atoms with E-state index in [9.17, 15) is 9.59 Å². The van der Waals surface area contributed by atoms with Gasteiger partial charge in [-0.25, -0.2) is 9.78 Å². The Kier molecular flexibility index (Phi) is 5.47. The molecule has 1 fully saturated rings. The van der Waals surface area contributed by atoms with Crippen LogP contribution in [0.2, 0.25) is 5.02 Å². The van der Waals surface area contributed by atoms with Gasteiger partial charge in [0, 0.05) is 32.4 Å². The number of carbonyl (C=O) groups excluding carboxylic acids is 2. The van der Waals surface area contributed by atoms with Gasteiger partial charge >= 0.3 is 6.03 Å². The Bertz CT molecular complexity index is 760. The number of amides is 3. The van der Waals surface area contributed by atoms with Crippen LogP contribution in [0.15, 0.2) is 42.6 Å². The maximum Gasteiger partial charge on any atom is 0.321 e. The first-order valence-corrected chi connectivity index (χ1v) is 8.30. The number of rotatable bonds is 3. The van der Waals surface area contributed by atoms with Gasteiger partial charge < -0.3 is 20.9 Å². The van der Waals surface area contributed by atoms with E-state index in [0.29, 0.717) is 35.2 Å². The molecule has 0 radical (unpaired) electrons. The van der Waals surface area contributed by atoms with Crippen molar-refractivity contribution in [2.75, 3.05) is 36.8 Å². The number of aromatic nitrogens is 1. The summed E-state index contributed by atoms with van der Waals surface area (Å²) in [6, 6.07) is 9.90. The lowest BCUT2D eigenvalue weighted by atomic mass is 10.1. The minimum atomic E-state index is -0.356. The second kappa shape index (κ2) is 7.96. The highest BCUT2D eigenvalue weighted by Gasteiger charge is 2.19. The summed E-state index contributed by atoms with van der Waals surface area (Å²) in [6.07, 6.45) is 1.45. The molecule has 130 valence electrons. The number of pyridine rings is 1. The summed E-state index contributed by atoms with van der Waals surface area (Å²) >= 11 is 5.79. The molecular formula is C17H18ClN5O2. The molecule has 25 heavy (non-hydrogen) atoms. The minimum Gasteiger partial charge on any atom is -0.322 e. The van der Waals surface area contributed by atoms with E-state index in [1.165, 1.54) is 6.20 Å². The molecule has 0 aliphatic carbocycles. The topological polar surface area (TPSA) is 86.4 Å². The summed E-state index contributed by atoms with van der Waals surface area (Å²) in [4.78, 5) is 30.6. The van der Waals surface area contributed by atoms with Crippen LogP contribution in [0.5, 0.6) is 0 Å². The molecule has 1 saturated heterocycles. The predicted octanol–water partition coefficient (Wildman–Crippen LogP) is 2.42. The van der Waals surface area contributed by atoms with Crippen LogP contribution in [0, 0.1) is 0 Å². The Balaban J connectivity index is 1.72. The fraction of sp³-hybridized carbons (Fsp3) is 0.235. The van der Waals surface area contributed by atoms with Crippen LogP contribution < -0.4 is 16.0 Å². The number of halogens is 1. The van der Waals surface area contributed by atoms with Crippen LogP contribution in [0.25, 0.3) is 0 Å². The zero-order valence-electron chi connectivity index (χ0n) is 13.5. The fourth-order valence-corrected chi connectivity index (χ4v) is 2.60. The first-order chi connectivity index (χ1) is 12.1. The van der Waals surface area contributed by atoms with E-state index in [1.807, 2.05) is 0 Å².